The molecule has 0 aliphatic carbocycles. The summed E-state index contributed by atoms with van der Waals surface area (Å²) in [5.74, 6) is -0.172. The first-order chi connectivity index (χ1) is 10.2. The first kappa shape index (κ1) is 15.1. The third kappa shape index (κ3) is 2.40. The molecule has 1 aliphatic heterocycles. The van der Waals surface area contributed by atoms with E-state index in [0.29, 0.717) is 0 Å². The molecule has 1 unspecified atom stereocenters. The first-order valence-corrected chi connectivity index (χ1v) is 7.32. The van der Waals surface area contributed by atoms with Crippen molar-refractivity contribution < 1.29 is 4.39 Å². The van der Waals surface area contributed by atoms with Crippen LogP contribution in [-0.4, -0.2) is 11.5 Å². The van der Waals surface area contributed by atoms with E-state index < -0.39 is 0 Å². The maximum atomic E-state index is 13.5. The summed E-state index contributed by atoms with van der Waals surface area (Å²) in [4.78, 5) is 3.48. The molecule has 2 heterocycles. The molecule has 0 saturated carbocycles. The highest BCUT2D eigenvalue weighted by molar-refractivity contribution is 5.86. The van der Waals surface area contributed by atoms with Crippen LogP contribution in [0.2, 0.25) is 0 Å². The average Bonchev–Trinajstić information content (AvgIpc) is 2.86. The van der Waals surface area contributed by atoms with Gasteiger partial charge in [-0.15, -0.1) is 12.4 Å². The topological polar surface area (TPSA) is 27.8 Å². The second kappa shape index (κ2) is 5.75. The van der Waals surface area contributed by atoms with E-state index >= 15 is 0 Å². The minimum atomic E-state index is -0.172. The van der Waals surface area contributed by atoms with Crippen molar-refractivity contribution in [3.8, 4) is 0 Å². The molecule has 0 radical (unpaired) electrons. The van der Waals surface area contributed by atoms with E-state index in [2.05, 4.69) is 41.5 Å². The number of aromatic nitrogens is 1. The molecule has 0 amide bonds. The van der Waals surface area contributed by atoms with Crippen LogP contribution in [0.1, 0.15) is 28.4 Å². The smallest absolute Gasteiger partial charge is 0.123 e. The fraction of sp³-hybridized carbons (Fsp3) is 0.222. The lowest BCUT2D eigenvalue weighted by atomic mass is 9.94. The Labute approximate surface area is 135 Å². The van der Waals surface area contributed by atoms with Gasteiger partial charge in [0.25, 0.3) is 0 Å². The van der Waals surface area contributed by atoms with E-state index in [9.17, 15) is 4.39 Å². The van der Waals surface area contributed by atoms with E-state index in [1.165, 1.54) is 28.5 Å². The number of rotatable bonds is 1. The van der Waals surface area contributed by atoms with Gasteiger partial charge in [0.05, 0.1) is 6.04 Å². The van der Waals surface area contributed by atoms with Crippen molar-refractivity contribution in [3.63, 3.8) is 0 Å². The van der Waals surface area contributed by atoms with Crippen LogP contribution in [0, 0.1) is 12.7 Å². The Hall–Kier alpha value is -1.84. The summed E-state index contributed by atoms with van der Waals surface area (Å²) < 4.78 is 13.5. The summed E-state index contributed by atoms with van der Waals surface area (Å²) >= 11 is 0. The molecule has 2 nitrogen and oxygen atoms in total. The zero-order valence-corrected chi connectivity index (χ0v) is 13.1. The fourth-order valence-electron chi connectivity index (χ4n) is 3.24. The summed E-state index contributed by atoms with van der Waals surface area (Å²) in [6.45, 7) is 3.00. The highest BCUT2D eigenvalue weighted by atomic mass is 35.5. The molecule has 2 aromatic carbocycles. The summed E-state index contributed by atoms with van der Waals surface area (Å²) in [5.41, 5.74) is 5.93. The van der Waals surface area contributed by atoms with Crippen molar-refractivity contribution in [3.05, 3.63) is 70.7 Å². The Morgan fingerprint density at radius 1 is 1.09 bits per heavy atom. The maximum absolute atomic E-state index is 13.5. The van der Waals surface area contributed by atoms with Crippen LogP contribution in [0.4, 0.5) is 4.39 Å². The van der Waals surface area contributed by atoms with Gasteiger partial charge in [0, 0.05) is 23.1 Å². The number of nitrogens with one attached hydrogen (secondary N) is 2. The Balaban J connectivity index is 0.00000144. The lowest BCUT2D eigenvalue weighted by molar-refractivity contribution is 0.560. The van der Waals surface area contributed by atoms with Crippen LogP contribution < -0.4 is 5.32 Å². The Morgan fingerprint density at radius 2 is 1.86 bits per heavy atom. The zero-order valence-electron chi connectivity index (χ0n) is 12.3. The molecule has 22 heavy (non-hydrogen) atoms. The second-order valence-corrected chi connectivity index (χ2v) is 5.75. The van der Waals surface area contributed by atoms with Gasteiger partial charge in [-0.2, -0.15) is 0 Å². The van der Waals surface area contributed by atoms with E-state index in [4.69, 9.17) is 0 Å². The van der Waals surface area contributed by atoms with Gasteiger partial charge in [-0.3, -0.25) is 0 Å². The number of halogens is 2. The molecular weight excluding hydrogens is 299 g/mol. The Morgan fingerprint density at radius 3 is 2.64 bits per heavy atom. The summed E-state index contributed by atoms with van der Waals surface area (Å²) in [6, 6.07) is 13.7. The third-order valence-corrected chi connectivity index (χ3v) is 4.32. The monoisotopic (exact) mass is 316 g/mol. The quantitative estimate of drug-likeness (QED) is 0.689. The predicted molar refractivity (Wildman–Crippen MR) is 90.2 cm³/mol. The number of hydrogen-bond donors (Lipinski definition) is 2. The Bertz CT molecular complexity index is 808. The van der Waals surface area contributed by atoms with E-state index in [1.54, 1.807) is 6.07 Å². The average molecular weight is 317 g/mol. The van der Waals surface area contributed by atoms with Gasteiger partial charge >= 0.3 is 0 Å². The molecule has 1 aliphatic rings. The van der Waals surface area contributed by atoms with Crippen LogP contribution in [0.15, 0.2) is 42.5 Å². The van der Waals surface area contributed by atoms with Crippen LogP contribution in [-0.2, 0) is 6.42 Å². The van der Waals surface area contributed by atoms with Gasteiger partial charge in [0.1, 0.15) is 5.82 Å². The van der Waals surface area contributed by atoms with Gasteiger partial charge in [-0.05, 0) is 42.7 Å². The molecule has 0 fully saturated rings. The summed E-state index contributed by atoms with van der Waals surface area (Å²) in [6.07, 6.45) is 0.932. The number of hydrogen-bond acceptors (Lipinski definition) is 1. The van der Waals surface area contributed by atoms with Crippen molar-refractivity contribution in [2.24, 2.45) is 0 Å². The molecule has 4 heteroatoms. The van der Waals surface area contributed by atoms with Crippen molar-refractivity contribution in [1.82, 2.24) is 10.3 Å². The first-order valence-electron chi connectivity index (χ1n) is 7.32. The molecule has 114 valence electrons. The molecule has 4 rings (SSSR count). The maximum Gasteiger partial charge on any atom is 0.123 e. The van der Waals surface area contributed by atoms with Gasteiger partial charge < -0.3 is 10.3 Å². The fourth-order valence-corrected chi connectivity index (χ4v) is 3.24. The normalized spacial score (nSPS) is 17.1. The molecule has 0 spiro atoms. The molecular formula is C18H18ClFN2. The molecule has 3 aromatic rings. The van der Waals surface area contributed by atoms with E-state index in [1.807, 2.05) is 6.07 Å². The van der Waals surface area contributed by atoms with Crippen LogP contribution in [0.25, 0.3) is 10.9 Å². The minimum Gasteiger partial charge on any atom is -0.357 e. The summed E-state index contributed by atoms with van der Waals surface area (Å²) in [5, 5.41) is 4.58. The lowest BCUT2D eigenvalue weighted by Gasteiger charge is -2.25. The van der Waals surface area contributed by atoms with Crippen molar-refractivity contribution >= 4 is 23.3 Å². The van der Waals surface area contributed by atoms with Gasteiger partial charge in [-0.25, -0.2) is 4.39 Å². The van der Waals surface area contributed by atoms with Crippen molar-refractivity contribution in [2.75, 3.05) is 6.54 Å². The molecule has 0 saturated heterocycles. The standard InChI is InChI=1S/C18H17FN2.ClH/c1-11-2-4-12(5-3-11)17-18-14(8-9-20-17)15-10-13(19)6-7-16(15)21-18;/h2-7,10,17,20-21H,8-9H2,1H3;1H. The number of aromatic amines is 1. The van der Waals surface area contributed by atoms with Gasteiger partial charge in [-0.1, -0.05) is 29.8 Å². The van der Waals surface area contributed by atoms with Gasteiger partial charge in [0.2, 0.25) is 0 Å². The third-order valence-electron chi connectivity index (χ3n) is 4.32. The van der Waals surface area contributed by atoms with Gasteiger partial charge in [0.15, 0.2) is 0 Å². The predicted octanol–water partition coefficient (Wildman–Crippen LogP) is 4.27. The highest BCUT2D eigenvalue weighted by Crippen LogP contribution is 2.33. The second-order valence-electron chi connectivity index (χ2n) is 5.75. The van der Waals surface area contributed by atoms with Crippen molar-refractivity contribution in [2.45, 2.75) is 19.4 Å². The number of fused-ring (bicyclic) bond motifs is 3. The number of benzene rings is 2. The van der Waals surface area contributed by atoms with Crippen LogP contribution in [0.3, 0.4) is 0 Å². The molecule has 0 bridgehead atoms. The van der Waals surface area contributed by atoms with Crippen LogP contribution in [0.5, 0.6) is 0 Å². The number of aryl methyl sites for hydroxylation is 1. The molecule has 2 N–H and O–H groups in total. The molecule has 1 aromatic heterocycles. The zero-order chi connectivity index (χ0) is 14.4. The highest BCUT2D eigenvalue weighted by Gasteiger charge is 2.25. The van der Waals surface area contributed by atoms with E-state index in [-0.39, 0.29) is 24.3 Å². The number of H-pyrrole nitrogens is 1. The Kier molecular flexibility index (Phi) is 3.94. The SMILES string of the molecule is Cc1ccc(C2NCCc3c2[nH]c2ccc(F)cc32)cc1.Cl. The lowest BCUT2D eigenvalue weighted by Crippen LogP contribution is -2.30. The summed E-state index contributed by atoms with van der Waals surface area (Å²) in [7, 11) is 0. The largest absolute Gasteiger partial charge is 0.357 e. The molecule has 1 atom stereocenters. The van der Waals surface area contributed by atoms with E-state index in [0.717, 1.165) is 23.9 Å². The van der Waals surface area contributed by atoms with Crippen molar-refractivity contribution in [1.29, 1.82) is 0 Å². The van der Waals surface area contributed by atoms with Crippen LogP contribution >= 0.6 is 12.4 Å². The minimum absolute atomic E-state index is 0.